The highest BCUT2D eigenvalue weighted by molar-refractivity contribution is 7.89. The SMILES string of the molecule is COC/C(=C\[Si](C)(C)C)S(=O)c1ccccc1. The van der Waals surface area contributed by atoms with E-state index in [1.165, 1.54) is 0 Å². The molecule has 94 valence electrons. The normalized spacial score (nSPS) is 14.7. The Balaban J connectivity index is 3.01. The van der Waals surface area contributed by atoms with E-state index in [4.69, 9.17) is 4.74 Å². The molecule has 0 radical (unpaired) electrons. The summed E-state index contributed by atoms with van der Waals surface area (Å²) in [4.78, 5) is 1.73. The first-order valence-electron chi connectivity index (χ1n) is 5.61. The highest BCUT2D eigenvalue weighted by Gasteiger charge is 2.16. The summed E-state index contributed by atoms with van der Waals surface area (Å²) in [7, 11) is -0.846. The maximum atomic E-state index is 12.4. The molecule has 2 nitrogen and oxygen atoms in total. The number of rotatable bonds is 5. The van der Waals surface area contributed by atoms with Crippen LogP contribution in [0.2, 0.25) is 19.6 Å². The lowest BCUT2D eigenvalue weighted by Crippen LogP contribution is -2.19. The molecule has 1 atom stereocenters. The van der Waals surface area contributed by atoms with E-state index in [2.05, 4.69) is 25.3 Å². The van der Waals surface area contributed by atoms with Crippen molar-refractivity contribution in [3.8, 4) is 0 Å². The molecule has 0 spiro atoms. The zero-order valence-electron chi connectivity index (χ0n) is 10.9. The molecule has 0 heterocycles. The van der Waals surface area contributed by atoms with Crippen molar-refractivity contribution in [3.05, 3.63) is 40.9 Å². The molecular formula is C13H20O2SSi. The zero-order valence-corrected chi connectivity index (χ0v) is 12.7. The van der Waals surface area contributed by atoms with Gasteiger partial charge in [-0.25, -0.2) is 4.21 Å². The van der Waals surface area contributed by atoms with Crippen molar-refractivity contribution < 1.29 is 8.95 Å². The summed E-state index contributed by atoms with van der Waals surface area (Å²) >= 11 is 0. The Morgan fingerprint density at radius 1 is 1.29 bits per heavy atom. The number of methoxy groups -OCH3 is 1. The van der Waals surface area contributed by atoms with E-state index in [1.807, 2.05) is 30.3 Å². The molecule has 0 fully saturated rings. The minimum absolute atomic E-state index is 0.436. The van der Waals surface area contributed by atoms with Gasteiger partial charge in [0.05, 0.1) is 25.5 Å². The van der Waals surface area contributed by atoms with Crippen molar-refractivity contribution in [3.63, 3.8) is 0 Å². The van der Waals surface area contributed by atoms with Gasteiger partial charge in [0.2, 0.25) is 0 Å². The van der Waals surface area contributed by atoms with Gasteiger partial charge in [0.15, 0.2) is 0 Å². The Morgan fingerprint density at radius 3 is 2.35 bits per heavy atom. The van der Waals surface area contributed by atoms with Gasteiger partial charge in [-0.05, 0) is 12.1 Å². The van der Waals surface area contributed by atoms with E-state index in [0.717, 1.165) is 9.80 Å². The highest BCUT2D eigenvalue weighted by atomic mass is 32.2. The van der Waals surface area contributed by atoms with E-state index >= 15 is 0 Å². The lowest BCUT2D eigenvalue weighted by atomic mass is 10.4. The Hall–Kier alpha value is -0.713. The molecule has 0 aliphatic carbocycles. The first kappa shape index (κ1) is 14.3. The molecule has 0 saturated carbocycles. The predicted octanol–water partition coefficient (Wildman–Crippen LogP) is 3.20. The maximum Gasteiger partial charge on any atom is 0.0824 e. The summed E-state index contributed by atoms with van der Waals surface area (Å²) in [5.74, 6) is 0. The van der Waals surface area contributed by atoms with Crippen LogP contribution in [0.3, 0.4) is 0 Å². The summed E-state index contributed by atoms with van der Waals surface area (Å²) in [5, 5.41) is 0. The Labute approximate surface area is 107 Å². The first-order chi connectivity index (χ1) is 7.94. The van der Waals surface area contributed by atoms with Crippen LogP contribution in [0, 0.1) is 0 Å². The van der Waals surface area contributed by atoms with Crippen molar-refractivity contribution in [2.75, 3.05) is 13.7 Å². The summed E-state index contributed by atoms with van der Waals surface area (Å²) in [6, 6.07) is 9.53. The van der Waals surface area contributed by atoms with E-state index in [-0.39, 0.29) is 0 Å². The van der Waals surface area contributed by atoms with Gasteiger partial charge in [-0.15, -0.1) is 0 Å². The quantitative estimate of drug-likeness (QED) is 0.767. The summed E-state index contributed by atoms with van der Waals surface area (Å²) in [5.41, 5.74) is 2.17. The fourth-order valence-electron chi connectivity index (χ4n) is 1.47. The third-order valence-corrected chi connectivity index (χ3v) is 4.91. The number of hydrogen-bond donors (Lipinski definition) is 0. The van der Waals surface area contributed by atoms with Crippen LogP contribution in [0.1, 0.15) is 0 Å². The molecule has 0 bridgehead atoms. The molecule has 0 aliphatic heterocycles. The van der Waals surface area contributed by atoms with Crippen molar-refractivity contribution in [1.29, 1.82) is 0 Å². The van der Waals surface area contributed by atoms with Crippen molar-refractivity contribution >= 4 is 18.9 Å². The molecule has 0 aromatic heterocycles. The molecule has 1 rings (SSSR count). The number of ether oxygens (including phenoxy) is 1. The van der Waals surface area contributed by atoms with Crippen LogP contribution >= 0.6 is 0 Å². The largest absolute Gasteiger partial charge is 0.379 e. The van der Waals surface area contributed by atoms with Crippen LogP contribution in [0.15, 0.2) is 45.8 Å². The zero-order chi connectivity index (χ0) is 12.9. The van der Waals surface area contributed by atoms with Crippen molar-refractivity contribution in [1.82, 2.24) is 0 Å². The molecule has 0 saturated heterocycles. The second-order valence-corrected chi connectivity index (χ2v) is 11.5. The Kier molecular flexibility index (Phi) is 5.30. The molecule has 4 heteroatoms. The lowest BCUT2D eigenvalue weighted by Gasteiger charge is -2.14. The van der Waals surface area contributed by atoms with E-state index in [9.17, 15) is 4.21 Å². The average Bonchev–Trinajstić information content (AvgIpc) is 2.27. The van der Waals surface area contributed by atoms with Gasteiger partial charge in [0, 0.05) is 16.9 Å². The summed E-state index contributed by atoms with van der Waals surface area (Å²) < 4.78 is 17.6. The predicted molar refractivity (Wildman–Crippen MR) is 76.2 cm³/mol. The summed E-state index contributed by atoms with van der Waals surface area (Å²) in [6.07, 6.45) is 0. The second kappa shape index (κ2) is 6.28. The fraction of sp³-hybridized carbons (Fsp3) is 0.385. The van der Waals surface area contributed by atoms with Gasteiger partial charge in [0.25, 0.3) is 0 Å². The minimum Gasteiger partial charge on any atom is -0.379 e. The van der Waals surface area contributed by atoms with Gasteiger partial charge in [-0.2, -0.15) is 0 Å². The molecule has 1 aromatic carbocycles. The van der Waals surface area contributed by atoms with Crippen molar-refractivity contribution in [2.24, 2.45) is 0 Å². The third-order valence-electron chi connectivity index (χ3n) is 2.08. The number of benzene rings is 1. The van der Waals surface area contributed by atoms with E-state index in [0.29, 0.717) is 6.61 Å². The molecule has 0 N–H and O–H groups in total. The second-order valence-electron chi connectivity index (χ2n) is 4.99. The Morgan fingerprint density at radius 2 is 1.88 bits per heavy atom. The molecule has 1 aromatic rings. The van der Waals surface area contributed by atoms with Gasteiger partial charge >= 0.3 is 0 Å². The average molecular weight is 268 g/mol. The van der Waals surface area contributed by atoms with E-state index in [1.54, 1.807) is 7.11 Å². The van der Waals surface area contributed by atoms with Crippen LogP contribution in [0.4, 0.5) is 0 Å². The third kappa shape index (κ3) is 4.98. The van der Waals surface area contributed by atoms with Crippen LogP contribution in [-0.4, -0.2) is 26.0 Å². The molecule has 17 heavy (non-hydrogen) atoms. The minimum atomic E-state index is -1.39. The molecule has 1 unspecified atom stereocenters. The molecular weight excluding hydrogens is 248 g/mol. The lowest BCUT2D eigenvalue weighted by molar-refractivity contribution is 0.231. The molecule has 0 aliphatic rings. The van der Waals surface area contributed by atoms with Gasteiger partial charge in [-0.3, -0.25) is 0 Å². The van der Waals surface area contributed by atoms with Gasteiger partial charge in [0.1, 0.15) is 0 Å². The smallest absolute Gasteiger partial charge is 0.0824 e. The Bertz CT molecular complexity index is 407. The standard InChI is InChI=1S/C13H20O2SSi/c1-15-10-13(11-17(2,3)4)16(14)12-8-6-5-7-9-12/h5-9,11H,10H2,1-4H3/b13-11+. The topological polar surface area (TPSA) is 26.3 Å². The fourth-order valence-corrected chi connectivity index (χ4v) is 4.94. The van der Waals surface area contributed by atoms with Gasteiger partial charge in [-0.1, -0.05) is 43.5 Å². The first-order valence-corrected chi connectivity index (χ1v) is 10.3. The van der Waals surface area contributed by atoms with E-state index < -0.39 is 18.9 Å². The number of hydrogen-bond acceptors (Lipinski definition) is 2. The monoisotopic (exact) mass is 268 g/mol. The molecule has 0 amide bonds. The maximum absolute atomic E-state index is 12.4. The van der Waals surface area contributed by atoms with Gasteiger partial charge < -0.3 is 4.74 Å². The van der Waals surface area contributed by atoms with Crippen molar-refractivity contribution in [2.45, 2.75) is 24.5 Å². The highest BCUT2D eigenvalue weighted by Crippen LogP contribution is 2.17. The van der Waals surface area contributed by atoms with Crippen LogP contribution in [0.5, 0.6) is 0 Å². The van der Waals surface area contributed by atoms with Crippen LogP contribution in [-0.2, 0) is 15.5 Å². The van der Waals surface area contributed by atoms with Crippen LogP contribution in [0.25, 0.3) is 0 Å². The summed E-state index contributed by atoms with van der Waals surface area (Å²) in [6.45, 7) is 7.12. The van der Waals surface area contributed by atoms with Crippen LogP contribution < -0.4 is 0 Å².